The van der Waals surface area contributed by atoms with Crippen LogP contribution in [0.3, 0.4) is 0 Å². The summed E-state index contributed by atoms with van der Waals surface area (Å²) in [6.07, 6.45) is 4.71. The van der Waals surface area contributed by atoms with Gasteiger partial charge in [0.1, 0.15) is 0 Å². The number of para-hydroxylation sites is 1. The molecule has 2 aromatic carbocycles. The summed E-state index contributed by atoms with van der Waals surface area (Å²) in [7, 11) is 1.78. The average Bonchev–Trinajstić information content (AvgIpc) is 3.57. The van der Waals surface area contributed by atoms with Crippen LogP contribution in [-0.4, -0.2) is 60.7 Å². The number of carbonyl (C=O) groups excluding carboxylic acids is 1. The third-order valence-electron chi connectivity index (χ3n) is 5.79. The second-order valence-corrected chi connectivity index (χ2v) is 8.93. The Morgan fingerprint density at radius 2 is 1.94 bits per heavy atom. The number of aromatic nitrogens is 2. The van der Waals surface area contributed by atoms with E-state index >= 15 is 0 Å². The van der Waals surface area contributed by atoms with Gasteiger partial charge in [-0.2, -0.15) is 0 Å². The maximum absolute atomic E-state index is 13.0. The Labute approximate surface area is 210 Å². The van der Waals surface area contributed by atoms with Gasteiger partial charge in [-0.3, -0.25) is 9.69 Å². The Hall–Kier alpha value is -3.47. The number of nitrogens with one attached hydrogen (secondary N) is 1. The van der Waals surface area contributed by atoms with Gasteiger partial charge in [-0.15, -0.1) is 0 Å². The van der Waals surface area contributed by atoms with Gasteiger partial charge in [0, 0.05) is 41.4 Å². The lowest BCUT2D eigenvalue weighted by molar-refractivity contribution is -0.120. The number of benzene rings is 2. The van der Waals surface area contributed by atoms with Crippen LogP contribution in [0.2, 0.25) is 0 Å². The van der Waals surface area contributed by atoms with Gasteiger partial charge in [0.25, 0.3) is 6.01 Å². The van der Waals surface area contributed by atoms with Crippen LogP contribution in [0.4, 0.5) is 17.4 Å². The van der Waals surface area contributed by atoms with Crippen molar-refractivity contribution in [1.29, 1.82) is 0 Å². The fraction of sp³-hybridized carbons (Fsp3) is 0.240. The molecule has 5 rings (SSSR count). The molecule has 0 atom stereocenters. The van der Waals surface area contributed by atoms with Crippen molar-refractivity contribution < 1.29 is 18.4 Å². The minimum Gasteiger partial charge on any atom is -0.443 e. The molecule has 1 N–H and O–H groups in total. The van der Waals surface area contributed by atoms with Gasteiger partial charge in [-0.05, 0) is 46.3 Å². The first-order chi connectivity index (χ1) is 17.1. The molecule has 0 radical (unpaired) electrons. The van der Waals surface area contributed by atoms with Crippen LogP contribution in [0.25, 0.3) is 22.6 Å². The van der Waals surface area contributed by atoms with Crippen molar-refractivity contribution in [3.8, 4) is 22.6 Å². The summed E-state index contributed by atoms with van der Waals surface area (Å²) in [6.45, 7) is 3.17. The third-order valence-corrected chi connectivity index (χ3v) is 6.45. The van der Waals surface area contributed by atoms with Crippen LogP contribution in [0.5, 0.6) is 0 Å². The molecule has 0 aliphatic carbocycles. The van der Waals surface area contributed by atoms with Gasteiger partial charge in [-0.25, -0.2) is 9.97 Å². The Bertz CT molecular complexity index is 1300. The number of hydrogen-bond acceptors (Lipinski definition) is 8. The standard InChI is InChI=1S/C25H24BrN5O4/c1-30(24(32)15-31-8-10-33-11-9-31)21-5-3-2-4-19(21)23-14-28-25(35-23)29-17-6-7-18(20(26)12-17)22-13-27-16-34-22/h2-7,12-14,16H,8-11,15H2,1H3,(H,28,29). The number of ether oxygens (including phenoxy) is 1. The summed E-state index contributed by atoms with van der Waals surface area (Å²) < 4.78 is 17.6. The van der Waals surface area contributed by atoms with E-state index in [1.54, 1.807) is 24.3 Å². The molecule has 0 unspecified atom stereocenters. The van der Waals surface area contributed by atoms with E-state index in [0.717, 1.165) is 40.1 Å². The van der Waals surface area contributed by atoms with Crippen molar-refractivity contribution in [3.63, 3.8) is 0 Å². The summed E-state index contributed by atoms with van der Waals surface area (Å²) in [5.41, 5.74) is 3.22. The van der Waals surface area contributed by atoms with E-state index in [-0.39, 0.29) is 5.91 Å². The van der Waals surface area contributed by atoms with E-state index in [9.17, 15) is 4.79 Å². The summed E-state index contributed by atoms with van der Waals surface area (Å²) in [5.74, 6) is 1.24. The van der Waals surface area contributed by atoms with Gasteiger partial charge in [0.05, 0.1) is 37.8 Å². The molecular weight excluding hydrogens is 514 g/mol. The quantitative estimate of drug-likeness (QED) is 0.359. The van der Waals surface area contributed by atoms with Gasteiger partial charge >= 0.3 is 0 Å². The molecule has 2 aromatic heterocycles. The molecule has 10 heteroatoms. The van der Waals surface area contributed by atoms with Crippen molar-refractivity contribution >= 4 is 39.2 Å². The molecule has 3 heterocycles. The number of halogens is 1. The maximum Gasteiger partial charge on any atom is 0.299 e. The van der Waals surface area contributed by atoms with E-state index in [2.05, 4.69) is 36.1 Å². The zero-order valence-corrected chi connectivity index (χ0v) is 20.7. The first-order valence-corrected chi connectivity index (χ1v) is 11.9. The lowest BCUT2D eigenvalue weighted by Crippen LogP contribution is -2.43. The summed E-state index contributed by atoms with van der Waals surface area (Å²) >= 11 is 3.57. The molecule has 4 aromatic rings. The van der Waals surface area contributed by atoms with Crippen LogP contribution < -0.4 is 10.2 Å². The topological polar surface area (TPSA) is 96.9 Å². The number of oxazole rings is 2. The Morgan fingerprint density at radius 1 is 1.11 bits per heavy atom. The molecule has 0 spiro atoms. The maximum atomic E-state index is 13.0. The first-order valence-electron chi connectivity index (χ1n) is 11.2. The van der Waals surface area contributed by atoms with Crippen LogP contribution in [0.15, 0.2) is 74.6 Å². The fourth-order valence-electron chi connectivity index (χ4n) is 3.89. The zero-order valence-electron chi connectivity index (χ0n) is 19.1. The Kier molecular flexibility index (Phi) is 6.94. The van der Waals surface area contributed by atoms with Crippen LogP contribution in [0, 0.1) is 0 Å². The molecule has 1 aliphatic heterocycles. The minimum atomic E-state index is 0.00825. The number of rotatable bonds is 7. The van der Waals surface area contributed by atoms with Gasteiger partial charge in [0.15, 0.2) is 17.9 Å². The highest BCUT2D eigenvalue weighted by atomic mass is 79.9. The van der Waals surface area contributed by atoms with E-state index in [1.165, 1.54) is 6.39 Å². The molecule has 180 valence electrons. The largest absolute Gasteiger partial charge is 0.443 e. The lowest BCUT2D eigenvalue weighted by atomic mass is 10.1. The highest BCUT2D eigenvalue weighted by Gasteiger charge is 2.21. The number of anilines is 3. The van der Waals surface area contributed by atoms with Gasteiger partial charge in [-0.1, -0.05) is 12.1 Å². The van der Waals surface area contributed by atoms with Crippen molar-refractivity contribution in [2.75, 3.05) is 50.1 Å². The Morgan fingerprint density at radius 3 is 2.71 bits per heavy atom. The van der Waals surface area contributed by atoms with Crippen LogP contribution >= 0.6 is 15.9 Å². The third kappa shape index (κ3) is 5.29. The molecule has 1 aliphatic rings. The SMILES string of the molecule is CN(C(=O)CN1CCOCC1)c1ccccc1-c1cnc(Nc2ccc(-c3cnco3)c(Br)c2)o1. The second kappa shape index (κ2) is 10.4. The number of likely N-dealkylation sites (N-methyl/N-ethyl adjacent to an activating group) is 1. The van der Waals surface area contributed by atoms with E-state index < -0.39 is 0 Å². The minimum absolute atomic E-state index is 0.00825. The molecule has 1 amide bonds. The summed E-state index contributed by atoms with van der Waals surface area (Å²) in [4.78, 5) is 25.1. The average molecular weight is 538 g/mol. The zero-order chi connectivity index (χ0) is 24.2. The number of amides is 1. The molecule has 0 saturated carbocycles. The normalized spacial score (nSPS) is 14.1. The number of nitrogens with zero attached hydrogens (tertiary/aromatic N) is 4. The van der Waals surface area contributed by atoms with E-state index in [1.807, 2.05) is 42.5 Å². The molecule has 1 fully saturated rings. The van der Waals surface area contributed by atoms with Crippen LogP contribution in [-0.2, 0) is 9.53 Å². The number of morpholine rings is 1. The van der Waals surface area contributed by atoms with E-state index in [4.69, 9.17) is 13.6 Å². The summed E-state index contributed by atoms with van der Waals surface area (Å²) in [6, 6.07) is 13.7. The predicted octanol–water partition coefficient (Wildman–Crippen LogP) is 4.80. The van der Waals surface area contributed by atoms with Crippen molar-refractivity contribution in [1.82, 2.24) is 14.9 Å². The fourth-order valence-corrected chi connectivity index (χ4v) is 4.46. The van der Waals surface area contributed by atoms with Crippen molar-refractivity contribution in [2.24, 2.45) is 0 Å². The second-order valence-electron chi connectivity index (χ2n) is 8.07. The lowest BCUT2D eigenvalue weighted by Gasteiger charge is -2.28. The summed E-state index contributed by atoms with van der Waals surface area (Å²) in [5, 5.41) is 3.18. The van der Waals surface area contributed by atoms with Crippen LogP contribution in [0.1, 0.15) is 0 Å². The molecule has 9 nitrogen and oxygen atoms in total. The van der Waals surface area contributed by atoms with Gasteiger partial charge in [0.2, 0.25) is 5.91 Å². The smallest absolute Gasteiger partial charge is 0.299 e. The highest BCUT2D eigenvalue weighted by Crippen LogP contribution is 2.34. The number of hydrogen-bond donors (Lipinski definition) is 1. The van der Waals surface area contributed by atoms with Crippen molar-refractivity contribution in [3.05, 3.63) is 65.7 Å². The first kappa shape index (κ1) is 23.3. The molecule has 35 heavy (non-hydrogen) atoms. The highest BCUT2D eigenvalue weighted by molar-refractivity contribution is 9.10. The predicted molar refractivity (Wildman–Crippen MR) is 136 cm³/mol. The van der Waals surface area contributed by atoms with Crippen molar-refractivity contribution in [2.45, 2.75) is 0 Å². The van der Waals surface area contributed by atoms with E-state index in [0.29, 0.717) is 37.3 Å². The monoisotopic (exact) mass is 537 g/mol. The Balaban J connectivity index is 1.32. The molecule has 0 bridgehead atoms. The van der Waals surface area contributed by atoms with Gasteiger partial charge < -0.3 is 23.8 Å². The molecule has 1 saturated heterocycles. The number of carbonyl (C=O) groups is 1. The molecular formula is C25H24BrN5O4.